The van der Waals surface area contributed by atoms with Gasteiger partial charge in [-0.15, -0.1) is 0 Å². The summed E-state index contributed by atoms with van der Waals surface area (Å²) in [5.41, 5.74) is 5.90. The van der Waals surface area contributed by atoms with Gasteiger partial charge in [0.15, 0.2) is 0 Å². The Hall–Kier alpha value is -0.0400. The van der Waals surface area contributed by atoms with E-state index in [9.17, 15) is 0 Å². The van der Waals surface area contributed by atoms with Crippen LogP contribution >= 0.6 is 0 Å². The van der Waals surface area contributed by atoms with Gasteiger partial charge < -0.3 is 5.73 Å². The fourth-order valence-corrected chi connectivity index (χ4v) is 3.05. The summed E-state index contributed by atoms with van der Waals surface area (Å²) in [5, 5.41) is 0. The van der Waals surface area contributed by atoms with Crippen molar-refractivity contribution in [2.24, 2.45) is 17.6 Å². The van der Waals surface area contributed by atoms with Gasteiger partial charge in [-0.05, 0) is 37.5 Å². The molecule has 0 aromatic heterocycles. The van der Waals surface area contributed by atoms with Gasteiger partial charge in [-0.2, -0.15) is 0 Å². The monoisotopic (exact) mass is 167 g/mol. The Morgan fingerprint density at radius 1 is 0.667 bits per heavy atom. The molecule has 1 heteroatoms. The molecule has 0 aromatic carbocycles. The second-order valence-electron chi connectivity index (χ2n) is 4.72. The highest BCUT2D eigenvalue weighted by Gasteiger charge is 2.27. The molecule has 2 rings (SSSR count). The van der Waals surface area contributed by atoms with Gasteiger partial charge in [0.2, 0.25) is 0 Å². The van der Waals surface area contributed by atoms with E-state index in [1.807, 2.05) is 0 Å². The van der Waals surface area contributed by atoms with Crippen molar-refractivity contribution in [2.75, 3.05) is 0 Å². The SMILES string of the molecule is NC1CCC(C2CCCC2)CC1. The molecule has 70 valence electrons. The fourth-order valence-electron chi connectivity index (χ4n) is 3.05. The smallest absolute Gasteiger partial charge is 0.00390 e. The molecule has 0 saturated heterocycles. The summed E-state index contributed by atoms with van der Waals surface area (Å²) in [6, 6.07) is 0.530. The highest BCUT2D eigenvalue weighted by molar-refractivity contribution is 4.81. The lowest BCUT2D eigenvalue weighted by molar-refractivity contribution is 0.236. The fraction of sp³-hybridized carbons (Fsp3) is 1.00. The van der Waals surface area contributed by atoms with Crippen molar-refractivity contribution in [3.63, 3.8) is 0 Å². The van der Waals surface area contributed by atoms with E-state index >= 15 is 0 Å². The molecule has 2 fully saturated rings. The van der Waals surface area contributed by atoms with Gasteiger partial charge in [-0.25, -0.2) is 0 Å². The van der Waals surface area contributed by atoms with Crippen molar-refractivity contribution in [2.45, 2.75) is 57.4 Å². The van der Waals surface area contributed by atoms with E-state index in [0.29, 0.717) is 6.04 Å². The number of rotatable bonds is 1. The van der Waals surface area contributed by atoms with Crippen molar-refractivity contribution in [1.82, 2.24) is 0 Å². The van der Waals surface area contributed by atoms with Gasteiger partial charge in [0, 0.05) is 6.04 Å². The van der Waals surface area contributed by atoms with E-state index < -0.39 is 0 Å². The van der Waals surface area contributed by atoms with Crippen LogP contribution in [0.5, 0.6) is 0 Å². The number of hydrogen-bond acceptors (Lipinski definition) is 1. The van der Waals surface area contributed by atoms with Gasteiger partial charge >= 0.3 is 0 Å². The highest BCUT2D eigenvalue weighted by atomic mass is 14.6. The van der Waals surface area contributed by atoms with Crippen LogP contribution in [-0.4, -0.2) is 6.04 Å². The third-order valence-corrected chi connectivity index (χ3v) is 3.88. The Bertz CT molecular complexity index is 130. The van der Waals surface area contributed by atoms with E-state index in [1.54, 1.807) is 0 Å². The minimum absolute atomic E-state index is 0.530. The van der Waals surface area contributed by atoms with E-state index in [4.69, 9.17) is 5.73 Å². The predicted molar refractivity (Wildman–Crippen MR) is 51.9 cm³/mol. The molecule has 0 amide bonds. The topological polar surface area (TPSA) is 26.0 Å². The van der Waals surface area contributed by atoms with Gasteiger partial charge in [-0.1, -0.05) is 25.7 Å². The largest absolute Gasteiger partial charge is 0.328 e. The standard InChI is InChI=1S/C11H21N/c12-11-7-5-10(6-8-11)9-3-1-2-4-9/h9-11H,1-8,12H2. The second-order valence-corrected chi connectivity index (χ2v) is 4.72. The Kier molecular flexibility index (Phi) is 2.69. The molecule has 0 heterocycles. The van der Waals surface area contributed by atoms with Crippen LogP contribution in [0.3, 0.4) is 0 Å². The molecule has 2 N–H and O–H groups in total. The Morgan fingerprint density at radius 2 is 1.17 bits per heavy atom. The first-order valence-electron chi connectivity index (χ1n) is 5.62. The number of nitrogens with two attached hydrogens (primary N) is 1. The van der Waals surface area contributed by atoms with Crippen LogP contribution in [0.25, 0.3) is 0 Å². The zero-order chi connectivity index (χ0) is 8.39. The maximum atomic E-state index is 5.90. The lowest BCUT2D eigenvalue weighted by atomic mass is 9.78. The molecule has 0 bridgehead atoms. The molecule has 2 aliphatic rings. The van der Waals surface area contributed by atoms with Crippen LogP contribution in [0.1, 0.15) is 51.4 Å². The Labute approximate surface area is 75.7 Å². The summed E-state index contributed by atoms with van der Waals surface area (Å²) in [7, 11) is 0. The van der Waals surface area contributed by atoms with Gasteiger partial charge in [0.1, 0.15) is 0 Å². The Balaban J connectivity index is 1.80. The summed E-state index contributed by atoms with van der Waals surface area (Å²) >= 11 is 0. The van der Waals surface area contributed by atoms with Crippen molar-refractivity contribution in [3.8, 4) is 0 Å². The molecule has 2 aliphatic carbocycles. The van der Waals surface area contributed by atoms with E-state index in [1.165, 1.54) is 51.4 Å². The summed E-state index contributed by atoms with van der Waals surface area (Å²) in [4.78, 5) is 0. The molecule has 0 radical (unpaired) electrons. The molecule has 0 aliphatic heterocycles. The predicted octanol–water partition coefficient (Wildman–Crippen LogP) is 2.69. The quantitative estimate of drug-likeness (QED) is 0.638. The average molecular weight is 167 g/mol. The molecule has 0 aromatic rings. The molecular weight excluding hydrogens is 146 g/mol. The number of hydrogen-bond donors (Lipinski definition) is 1. The van der Waals surface area contributed by atoms with Crippen LogP contribution in [0, 0.1) is 11.8 Å². The Morgan fingerprint density at radius 3 is 1.75 bits per heavy atom. The molecule has 2 saturated carbocycles. The van der Waals surface area contributed by atoms with Crippen LogP contribution in [0.15, 0.2) is 0 Å². The van der Waals surface area contributed by atoms with E-state index in [-0.39, 0.29) is 0 Å². The maximum absolute atomic E-state index is 5.90. The average Bonchev–Trinajstić information content (AvgIpc) is 2.58. The van der Waals surface area contributed by atoms with Crippen molar-refractivity contribution >= 4 is 0 Å². The minimum Gasteiger partial charge on any atom is -0.328 e. The molecule has 12 heavy (non-hydrogen) atoms. The normalized spacial score (nSPS) is 38.8. The van der Waals surface area contributed by atoms with Crippen molar-refractivity contribution < 1.29 is 0 Å². The van der Waals surface area contributed by atoms with Crippen LogP contribution in [-0.2, 0) is 0 Å². The van der Waals surface area contributed by atoms with Crippen LogP contribution < -0.4 is 5.73 Å². The summed E-state index contributed by atoms with van der Waals surface area (Å²) in [6.45, 7) is 0. The first kappa shape index (κ1) is 8.55. The molecular formula is C11H21N. The molecule has 0 atom stereocenters. The first-order chi connectivity index (χ1) is 5.86. The third kappa shape index (κ3) is 1.82. The van der Waals surface area contributed by atoms with Crippen molar-refractivity contribution in [1.29, 1.82) is 0 Å². The molecule has 1 nitrogen and oxygen atoms in total. The van der Waals surface area contributed by atoms with E-state index in [0.717, 1.165) is 11.8 Å². The summed E-state index contributed by atoms with van der Waals surface area (Å²) in [5.74, 6) is 2.13. The van der Waals surface area contributed by atoms with Gasteiger partial charge in [0.25, 0.3) is 0 Å². The highest BCUT2D eigenvalue weighted by Crippen LogP contribution is 2.38. The molecule has 0 spiro atoms. The second kappa shape index (κ2) is 3.78. The van der Waals surface area contributed by atoms with Crippen LogP contribution in [0.4, 0.5) is 0 Å². The van der Waals surface area contributed by atoms with Gasteiger partial charge in [0.05, 0.1) is 0 Å². The minimum atomic E-state index is 0.530. The van der Waals surface area contributed by atoms with E-state index in [2.05, 4.69) is 0 Å². The lowest BCUT2D eigenvalue weighted by Gasteiger charge is -2.30. The zero-order valence-electron chi connectivity index (χ0n) is 7.97. The summed E-state index contributed by atoms with van der Waals surface area (Å²) < 4.78 is 0. The molecule has 0 unspecified atom stereocenters. The first-order valence-corrected chi connectivity index (χ1v) is 5.62. The third-order valence-electron chi connectivity index (χ3n) is 3.88. The lowest BCUT2D eigenvalue weighted by Crippen LogP contribution is -2.28. The van der Waals surface area contributed by atoms with Crippen molar-refractivity contribution in [3.05, 3.63) is 0 Å². The van der Waals surface area contributed by atoms with Crippen LogP contribution in [0.2, 0.25) is 0 Å². The summed E-state index contributed by atoms with van der Waals surface area (Å²) in [6.07, 6.45) is 11.4. The maximum Gasteiger partial charge on any atom is 0.00390 e. The van der Waals surface area contributed by atoms with Gasteiger partial charge in [-0.3, -0.25) is 0 Å². The zero-order valence-corrected chi connectivity index (χ0v) is 7.97.